The summed E-state index contributed by atoms with van der Waals surface area (Å²) in [6.45, 7) is 4.46. The number of ether oxygens (including phenoxy) is 1. The average molecular weight is 326 g/mol. The van der Waals surface area contributed by atoms with Crippen molar-refractivity contribution in [1.82, 2.24) is 5.32 Å². The number of amides is 2. The number of carbonyl (C=O) groups excluding carboxylic acids is 2. The normalized spacial score (nSPS) is 10.1. The zero-order chi connectivity index (χ0) is 17.4. The first-order valence-electron chi connectivity index (χ1n) is 8.02. The summed E-state index contributed by atoms with van der Waals surface area (Å²) in [6.07, 6.45) is 0.951. The maximum absolute atomic E-state index is 12.0. The quantitative estimate of drug-likeness (QED) is 0.822. The van der Waals surface area contributed by atoms with E-state index < -0.39 is 0 Å². The zero-order valence-corrected chi connectivity index (χ0v) is 14.0. The molecule has 0 aliphatic carbocycles. The fourth-order valence-electron chi connectivity index (χ4n) is 2.16. The average Bonchev–Trinajstić information content (AvgIpc) is 2.61. The van der Waals surface area contributed by atoms with Gasteiger partial charge in [0.15, 0.2) is 0 Å². The number of nitrogens with one attached hydrogen (secondary N) is 2. The lowest BCUT2D eigenvalue weighted by atomic mass is 10.1. The van der Waals surface area contributed by atoms with E-state index in [4.69, 9.17) is 4.74 Å². The largest absolute Gasteiger partial charge is 0.494 e. The molecule has 0 heterocycles. The van der Waals surface area contributed by atoms with Crippen molar-refractivity contribution < 1.29 is 14.3 Å². The van der Waals surface area contributed by atoms with Gasteiger partial charge in [-0.05, 0) is 55.3 Å². The van der Waals surface area contributed by atoms with Gasteiger partial charge in [0.2, 0.25) is 5.91 Å². The molecule has 0 fully saturated rings. The Kier molecular flexibility index (Phi) is 6.37. The number of carbonyl (C=O) groups is 2. The van der Waals surface area contributed by atoms with Crippen molar-refractivity contribution in [3.05, 3.63) is 59.7 Å². The van der Waals surface area contributed by atoms with Crippen LogP contribution >= 0.6 is 0 Å². The van der Waals surface area contributed by atoms with Gasteiger partial charge in [0.1, 0.15) is 5.75 Å². The lowest BCUT2D eigenvalue weighted by Crippen LogP contribution is -2.32. The van der Waals surface area contributed by atoms with Gasteiger partial charge < -0.3 is 15.4 Å². The van der Waals surface area contributed by atoms with Crippen LogP contribution in [0.1, 0.15) is 29.8 Å². The van der Waals surface area contributed by atoms with Gasteiger partial charge in [-0.15, -0.1) is 0 Å². The molecular weight excluding hydrogens is 304 g/mol. The second-order valence-corrected chi connectivity index (χ2v) is 5.24. The fraction of sp³-hybridized carbons (Fsp3) is 0.263. The second-order valence-electron chi connectivity index (χ2n) is 5.24. The Morgan fingerprint density at radius 1 is 0.958 bits per heavy atom. The van der Waals surface area contributed by atoms with Crippen LogP contribution in [0.25, 0.3) is 0 Å². The number of anilines is 1. The van der Waals surface area contributed by atoms with Crippen molar-refractivity contribution in [2.75, 3.05) is 18.5 Å². The van der Waals surface area contributed by atoms with E-state index in [1.54, 1.807) is 24.3 Å². The predicted octanol–water partition coefficient (Wildman–Crippen LogP) is 3.02. The molecule has 126 valence electrons. The molecule has 2 rings (SSSR count). The molecule has 0 aliphatic rings. The van der Waals surface area contributed by atoms with E-state index in [0.29, 0.717) is 23.6 Å². The summed E-state index contributed by atoms with van der Waals surface area (Å²) in [7, 11) is 0. The van der Waals surface area contributed by atoms with Crippen LogP contribution in [-0.2, 0) is 11.2 Å². The predicted molar refractivity (Wildman–Crippen MR) is 94.4 cm³/mol. The molecule has 0 aliphatic heterocycles. The number of benzene rings is 2. The highest BCUT2D eigenvalue weighted by Gasteiger charge is 2.08. The summed E-state index contributed by atoms with van der Waals surface area (Å²) in [5.41, 5.74) is 2.41. The van der Waals surface area contributed by atoms with Crippen molar-refractivity contribution >= 4 is 17.5 Å². The standard InChI is InChI=1S/C19H22N2O3/c1-3-14-5-9-16(10-6-14)21-18(22)13-20-19(23)15-7-11-17(12-8-15)24-4-2/h5-12H,3-4,13H2,1-2H3,(H,20,23)(H,21,22). The summed E-state index contributed by atoms with van der Waals surface area (Å²) in [6, 6.07) is 14.4. The number of hydrogen-bond donors (Lipinski definition) is 2. The van der Waals surface area contributed by atoms with Gasteiger partial charge in [0.05, 0.1) is 13.2 Å². The van der Waals surface area contributed by atoms with Gasteiger partial charge in [0, 0.05) is 11.3 Å². The van der Waals surface area contributed by atoms with E-state index in [2.05, 4.69) is 17.6 Å². The van der Waals surface area contributed by atoms with Gasteiger partial charge in [-0.3, -0.25) is 9.59 Å². The molecule has 0 saturated carbocycles. The monoisotopic (exact) mass is 326 g/mol. The molecule has 0 atom stereocenters. The van der Waals surface area contributed by atoms with E-state index in [1.165, 1.54) is 5.56 Å². The Morgan fingerprint density at radius 3 is 2.21 bits per heavy atom. The lowest BCUT2D eigenvalue weighted by molar-refractivity contribution is -0.115. The smallest absolute Gasteiger partial charge is 0.251 e. The molecule has 0 bridgehead atoms. The third kappa shape index (κ3) is 5.12. The van der Waals surface area contributed by atoms with E-state index in [0.717, 1.165) is 6.42 Å². The van der Waals surface area contributed by atoms with E-state index in [-0.39, 0.29) is 18.4 Å². The fourth-order valence-corrected chi connectivity index (χ4v) is 2.16. The van der Waals surface area contributed by atoms with Crippen molar-refractivity contribution in [3.8, 4) is 5.75 Å². The van der Waals surface area contributed by atoms with E-state index in [1.807, 2.05) is 31.2 Å². The minimum absolute atomic E-state index is 0.0818. The maximum Gasteiger partial charge on any atom is 0.251 e. The highest BCUT2D eigenvalue weighted by Crippen LogP contribution is 2.12. The first-order valence-corrected chi connectivity index (χ1v) is 8.02. The molecule has 5 heteroatoms. The molecular formula is C19H22N2O3. The van der Waals surface area contributed by atoms with Gasteiger partial charge >= 0.3 is 0 Å². The maximum atomic E-state index is 12.0. The highest BCUT2D eigenvalue weighted by atomic mass is 16.5. The second kappa shape index (κ2) is 8.72. The van der Waals surface area contributed by atoms with Crippen LogP contribution in [0.5, 0.6) is 5.75 Å². The van der Waals surface area contributed by atoms with E-state index >= 15 is 0 Å². The topological polar surface area (TPSA) is 67.4 Å². The summed E-state index contributed by atoms with van der Waals surface area (Å²) < 4.78 is 5.33. The highest BCUT2D eigenvalue weighted by molar-refractivity contribution is 5.99. The Morgan fingerprint density at radius 2 is 1.62 bits per heavy atom. The summed E-state index contributed by atoms with van der Waals surface area (Å²) in [5, 5.41) is 5.35. The van der Waals surface area contributed by atoms with Gasteiger partial charge in [0.25, 0.3) is 5.91 Å². The van der Waals surface area contributed by atoms with Crippen LogP contribution in [-0.4, -0.2) is 25.0 Å². The first kappa shape index (κ1) is 17.5. The third-order valence-corrected chi connectivity index (χ3v) is 3.48. The molecule has 24 heavy (non-hydrogen) atoms. The van der Waals surface area contributed by atoms with Crippen molar-refractivity contribution in [1.29, 1.82) is 0 Å². The zero-order valence-electron chi connectivity index (χ0n) is 14.0. The van der Waals surface area contributed by atoms with Crippen LogP contribution < -0.4 is 15.4 Å². The van der Waals surface area contributed by atoms with Crippen LogP contribution in [0.2, 0.25) is 0 Å². The molecule has 2 aromatic rings. The van der Waals surface area contributed by atoms with Crippen LogP contribution in [0.3, 0.4) is 0 Å². The van der Waals surface area contributed by atoms with Crippen LogP contribution in [0, 0.1) is 0 Å². The van der Waals surface area contributed by atoms with Gasteiger partial charge in [-0.25, -0.2) is 0 Å². The molecule has 0 unspecified atom stereocenters. The van der Waals surface area contributed by atoms with E-state index in [9.17, 15) is 9.59 Å². The molecule has 2 N–H and O–H groups in total. The van der Waals surface area contributed by atoms with Crippen LogP contribution in [0.4, 0.5) is 5.69 Å². The molecule has 0 aromatic heterocycles. The minimum atomic E-state index is -0.297. The Hall–Kier alpha value is -2.82. The minimum Gasteiger partial charge on any atom is -0.494 e. The number of hydrogen-bond acceptors (Lipinski definition) is 3. The molecule has 5 nitrogen and oxygen atoms in total. The summed E-state index contributed by atoms with van der Waals surface area (Å²) >= 11 is 0. The SMILES string of the molecule is CCOc1ccc(C(=O)NCC(=O)Nc2ccc(CC)cc2)cc1. The number of rotatable bonds is 7. The van der Waals surface area contributed by atoms with Crippen molar-refractivity contribution in [2.45, 2.75) is 20.3 Å². The van der Waals surface area contributed by atoms with Crippen molar-refractivity contribution in [3.63, 3.8) is 0 Å². The Bertz CT molecular complexity index is 679. The molecule has 2 aromatic carbocycles. The first-order chi connectivity index (χ1) is 11.6. The van der Waals surface area contributed by atoms with Gasteiger partial charge in [-0.2, -0.15) is 0 Å². The Balaban J connectivity index is 1.82. The molecule has 0 spiro atoms. The van der Waals surface area contributed by atoms with Crippen LogP contribution in [0.15, 0.2) is 48.5 Å². The summed E-state index contributed by atoms with van der Waals surface area (Å²) in [4.78, 5) is 23.9. The third-order valence-electron chi connectivity index (χ3n) is 3.48. The lowest BCUT2D eigenvalue weighted by Gasteiger charge is -2.08. The van der Waals surface area contributed by atoms with Gasteiger partial charge in [-0.1, -0.05) is 19.1 Å². The molecule has 0 radical (unpaired) electrons. The number of aryl methyl sites for hydroxylation is 1. The molecule has 0 saturated heterocycles. The Labute approximate surface area is 142 Å². The van der Waals surface area contributed by atoms with Crippen molar-refractivity contribution in [2.24, 2.45) is 0 Å². The molecule has 2 amide bonds. The summed E-state index contributed by atoms with van der Waals surface area (Å²) in [5.74, 6) is 0.149.